The van der Waals surface area contributed by atoms with E-state index < -0.39 is 47.2 Å². The molecule has 4 rings (SSSR count). The smallest absolute Gasteiger partial charge is 0.354 e. The van der Waals surface area contributed by atoms with E-state index in [9.17, 15) is 44.3 Å². The maximum absolute atomic E-state index is 12.5. The Bertz CT molecular complexity index is 1270. The number of urea groups is 1. The summed E-state index contributed by atoms with van der Waals surface area (Å²) in [4.78, 5) is 26.3. The van der Waals surface area contributed by atoms with Crippen LogP contribution in [0.1, 0.15) is 31.2 Å². The number of hydrogen-bond acceptors (Lipinski definition) is 7. The molecule has 0 atom stereocenters. The molecule has 0 saturated carbocycles. The van der Waals surface area contributed by atoms with Gasteiger partial charge < -0.3 is 4.52 Å². The fourth-order valence-corrected chi connectivity index (χ4v) is 4.73. The third-order valence-electron chi connectivity index (χ3n) is 6.10. The number of halogens is 6. The highest BCUT2D eigenvalue weighted by Gasteiger charge is 2.33. The fraction of sp³-hybridized carbons (Fsp3) is 0.591. The zero-order valence-corrected chi connectivity index (χ0v) is 21.2. The lowest BCUT2D eigenvalue weighted by molar-refractivity contribution is -0.148. The van der Waals surface area contributed by atoms with Crippen LogP contribution in [-0.2, 0) is 21.3 Å². The zero-order valence-electron chi connectivity index (χ0n) is 20.4. The number of alkyl halides is 6. The molecule has 39 heavy (non-hydrogen) atoms. The number of rotatable bonds is 6. The molecule has 2 aromatic rings. The molecule has 3 heterocycles. The van der Waals surface area contributed by atoms with Gasteiger partial charge in [0, 0.05) is 13.0 Å². The van der Waals surface area contributed by atoms with Crippen LogP contribution in [-0.4, -0.2) is 79.2 Å². The molecule has 17 heteroatoms. The zero-order chi connectivity index (χ0) is 29.0. The predicted molar refractivity (Wildman–Crippen MR) is 126 cm³/mol. The summed E-state index contributed by atoms with van der Waals surface area (Å²) >= 11 is 0. The van der Waals surface area contributed by atoms with E-state index in [0.29, 0.717) is 48.6 Å². The summed E-state index contributed by atoms with van der Waals surface area (Å²) in [7, 11) is -4.48. The molecule has 10 nitrogen and oxygen atoms in total. The first-order valence-electron chi connectivity index (χ1n) is 11.8. The third-order valence-corrected chi connectivity index (χ3v) is 6.82. The van der Waals surface area contributed by atoms with Crippen LogP contribution < -0.4 is 10.2 Å². The highest BCUT2D eigenvalue weighted by Crippen LogP contribution is 2.31. The van der Waals surface area contributed by atoms with E-state index in [4.69, 9.17) is 9.08 Å². The maximum Gasteiger partial charge on any atom is 0.401 e. The number of amides is 3. The summed E-state index contributed by atoms with van der Waals surface area (Å²) < 4.78 is 104. The van der Waals surface area contributed by atoms with Crippen molar-refractivity contribution < 1.29 is 53.4 Å². The quantitative estimate of drug-likeness (QED) is 0.384. The Kier molecular flexibility index (Phi) is 9.48. The van der Waals surface area contributed by atoms with Crippen molar-refractivity contribution in [3.05, 3.63) is 23.8 Å². The maximum atomic E-state index is 12.5. The summed E-state index contributed by atoms with van der Waals surface area (Å²) in [6.07, 6.45) is -7.85. The van der Waals surface area contributed by atoms with Gasteiger partial charge in [0.2, 0.25) is 5.91 Å². The number of imide groups is 1. The van der Waals surface area contributed by atoms with Crippen LogP contribution in [0.25, 0.3) is 11.0 Å². The van der Waals surface area contributed by atoms with Crippen LogP contribution >= 0.6 is 0 Å². The summed E-state index contributed by atoms with van der Waals surface area (Å²) in [5.41, 5.74) is 1.55. The summed E-state index contributed by atoms with van der Waals surface area (Å²) in [5.74, 6) is -0.921. The van der Waals surface area contributed by atoms with Gasteiger partial charge in [0.25, 0.3) is 10.1 Å². The van der Waals surface area contributed by atoms with Crippen molar-refractivity contribution in [2.45, 2.75) is 44.5 Å². The molecule has 1 aromatic heterocycles. The number of carbonyl (C=O) groups is 2. The highest BCUT2D eigenvalue weighted by molar-refractivity contribution is 7.85. The second-order valence-corrected chi connectivity index (χ2v) is 10.9. The Balaban J connectivity index is 0.000000360. The van der Waals surface area contributed by atoms with Crippen molar-refractivity contribution in [2.75, 3.05) is 36.8 Å². The lowest BCUT2D eigenvalue weighted by atomic mass is 9.90. The van der Waals surface area contributed by atoms with Crippen molar-refractivity contribution in [1.82, 2.24) is 15.4 Å². The third kappa shape index (κ3) is 9.96. The van der Waals surface area contributed by atoms with Crippen LogP contribution in [0.4, 0.5) is 37.0 Å². The Hall–Kier alpha value is -2.92. The minimum absolute atomic E-state index is 0.191. The van der Waals surface area contributed by atoms with Gasteiger partial charge in [-0.05, 0) is 56.0 Å². The lowest BCUT2D eigenvalue weighted by Gasteiger charge is -2.32. The van der Waals surface area contributed by atoms with Crippen molar-refractivity contribution in [2.24, 2.45) is 5.92 Å². The molecule has 0 radical (unpaired) electrons. The Morgan fingerprint density at radius 3 is 2.26 bits per heavy atom. The number of anilines is 1. The molecule has 2 aliphatic heterocycles. The van der Waals surface area contributed by atoms with Gasteiger partial charge in [0.1, 0.15) is 0 Å². The van der Waals surface area contributed by atoms with E-state index in [0.717, 1.165) is 12.0 Å². The SMILES string of the molecule is O=C1CCN(c2noc3ccc(CC4CCN(CC(F)(F)F)CC4)cc23)C(=O)N1.O=S(=O)(O)CCC(F)(F)F. The molecule has 2 saturated heterocycles. The van der Waals surface area contributed by atoms with Crippen molar-refractivity contribution >= 4 is 38.8 Å². The highest BCUT2D eigenvalue weighted by atomic mass is 32.2. The van der Waals surface area contributed by atoms with Gasteiger partial charge in [0.05, 0.1) is 24.1 Å². The van der Waals surface area contributed by atoms with Crippen LogP contribution in [0.2, 0.25) is 0 Å². The average molecular weight is 589 g/mol. The first-order chi connectivity index (χ1) is 18.0. The van der Waals surface area contributed by atoms with Crippen molar-refractivity contribution in [1.29, 1.82) is 0 Å². The molecule has 2 fully saturated rings. The van der Waals surface area contributed by atoms with Gasteiger partial charge in [-0.15, -0.1) is 0 Å². The number of aromatic nitrogens is 1. The van der Waals surface area contributed by atoms with Crippen LogP contribution in [0, 0.1) is 5.92 Å². The van der Waals surface area contributed by atoms with Crippen LogP contribution in [0.5, 0.6) is 0 Å². The monoisotopic (exact) mass is 588 g/mol. The topological polar surface area (TPSA) is 133 Å². The normalized spacial score (nSPS) is 18.2. The van der Waals surface area contributed by atoms with Gasteiger partial charge in [-0.25, -0.2) is 4.79 Å². The molecule has 0 spiro atoms. The molecule has 0 aliphatic carbocycles. The second-order valence-electron chi connectivity index (χ2n) is 9.28. The minimum atomic E-state index is -4.53. The van der Waals surface area contributed by atoms with Gasteiger partial charge in [-0.2, -0.15) is 34.8 Å². The first kappa shape index (κ1) is 30.6. The van der Waals surface area contributed by atoms with E-state index >= 15 is 0 Å². The molecule has 2 N–H and O–H groups in total. The van der Waals surface area contributed by atoms with Gasteiger partial charge in [0.15, 0.2) is 11.4 Å². The summed E-state index contributed by atoms with van der Waals surface area (Å²) in [6.45, 7) is 0.254. The standard InChI is InChI=1S/C19H21F3N4O3.C3H5F3O3S/c20-19(21,22)11-25-6-3-12(4-7-25)9-13-1-2-15-14(10-13)17(24-29-15)26-8-5-16(27)23-18(26)28;4-3(5,6)1-2-10(7,8)9/h1-2,10,12H,3-9,11H2,(H,23,27,28);1-2H2,(H,7,8,9). The predicted octanol–water partition coefficient (Wildman–Crippen LogP) is 3.92. The Morgan fingerprint density at radius 2 is 1.72 bits per heavy atom. The number of hydrogen-bond donors (Lipinski definition) is 2. The van der Waals surface area contributed by atoms with Crippen molar-refractivity contribution in [3.63, 3.8) is 0 Å². The largest absolute Gasteiger partial charge is 0.401 e. The van der Waals surface area contributed by atoms with E-state index in [1.165, 1.54) is 9.80 Å². The molecular weight excluding hydrogens is 562 g/mol. The van der Waals surface area contributed by atoms with E-state index in [-0.39, 0.29) is 18.9 Å². The van der Waals surface area contributed by atoms with Gasteiger partial charge in [-0.3, -0.25) is 24.5 Å². The number of fused-ring (bicyclic) bond motifs is 1. The molecular formula is C22H26F6N4O6S. The molecule has 0 bridgehead atoms. The summed E-state index contributed by atoms with van der Waals surface area (Å²) in [5, 5.41) is 6.94. The van der Waals surface area contributed by atoms with Gasteiger partial charge in [-0.1, -0.05) is 11.2 Å². The number of carbonyl (C=O) groups excluding carboxylic acids is 2. The van der Waals surface area contributed by atoms with Crippen LogP contribution in [0.3, 0.4) is 0 Å². The number of piperidine rings is 1. The number of likely N-dealkylation sites (tertiary alicyclic amines) is 1. The number of benzene rings is 1. The molecule has 1 aromatic carbocycles. The molecule has 0 unspecified atom stereocenters. The summed E-state index contributed by atoms with van der Waals surface area (Å²) in [6, 6.07) is 5.08. The number of nitrogens with zero attached hydrogens (tertiary/aromatic N) is 3. The second kappa shape index (κ2) is 12.1. The minimum Gasteiger partial charge on any atom is -0.354 e. The van der Waals surface area contributed by atoms with Crippen LogP contribution in [0.15, 0.2) is 22.7 Å². The Labute approximate surface area is 219 Å². The Morgan fingerprint density at radius 1 is 1.05 bits per heavy atom. The van der Waals surface area contributed by atoms with E-state index in [1.54, 1.807) is 6.07 Å². The lowest BCUT2D eigenvalue weighted by Crippen LogP contribution is -2.49. The van der Waals surface area contributed by atoms with E-state index in [1.807, 2.05) is 12.1 Å². The van der Waals surface area contributed by atoms with Gasteiger partial charge >= 0.3 is 18.4 Å². The average Bonchev–Trinajstić information content (AvgIpc) is 3.21. The first-order valence-corrected chi connectivity index (χ1v) is 13.4. The molecule has 218 valence electrons. The number of nitrogens with one attached hydrogen (secondary N) is 1. The molecule has 3 amide bonds. The molecule has 2 aliphatic rings. The fourth-order valence-electron chi connectivity index (χ4n) is 4.24. The van der Waals surface area contributed by atoms with E-state index in [2.05, 4.69) is 10.5 Å². The van der Waals surface area contributed by atoms with Crippen molar-refractivity contribution in [3.8, 4) is 0 Å².